The molecule has 0 atom stereocenters. The average molecular weight is 325 g/mol. The van der Waals surface area contributed by atoms with Crippen molar-refractivity contribution >= 4 is 15.9 Å². The third-order valence-electron chi connectivity index (χ3n) is 2.49. The van der Waals surface area contributed by atoms with Crippen LogP contribution in [-0.2, 0) is 13.2 Å². The quantitative estimate of drug-likeness (QED) is 0.916. The fraction of sp³-hybridized carbons (Fsp3) is 0.214. The number of aromatic nitrogens is 1. The molecule has 0 saturated heterocycles. The fourth-order valence-corrected chi connectivity index (χ4v) is 1.97. The molecule has 5 heteroatoms. The van der Waals surface area contributed by atoms with Crippen LogP contribution in [0.2, 0.25) is 0 Å². The number of ether oxygens (including phenoxy) is 1. The molecular formula is C14H14BrFN2O. The highest BCUT2D eigenvalue weighted by Crippen LogP contribution is 2.22. The summed E-state index contributed by atoms with van der Waals surface area (Å²) in [5.74, 6) is -0.162. The van der Waals surface area contributed by atoms with Crippen LogP contribution < -0.4 is 10.1 Å². The second-order valence-corrected chi connectivity index (χ2v) is 4.93. The van der Waals surface area contributed by atoms with Gasteiger partial charge in [-0.3, -0.25) is 4.98 Å². The number of hydrogen-bond donors (Lipinski definition) is 1. The number of rotatable bonds is 5. The van der Waals surface area contributed by atoms with E-state index in [1.54, 1.807) is 12.1 Å². The van der Waals surface area contributed by atoms with Crippen LogP contribution in [0.25, 0.3) is 0 Å². The molecule has 0 aliphatic heterocycles. The maximum Gasteiger partial charge on any atom is 0.165 e. The standard InChI is InChI=1S/C14H14BrFN2O/c1-17-8-11-3-2-4-12(18-11)9-19-14-7-10(15)5-6-13(14)16/h2-7,17H,8-9H2,1H3. The molecule has 0 unspecified atom stereocenters. The van der Waals surface area contributed by atoms with E-state index < -0.39 is 0 Å². The van der Waals surface area contributed by atoms with Gasteiger partial charge in [-0.1, -0.05) is 22.0 Å². The van der Waals surface area contributed by atoms with Gasteiger partial charge in [-0.05, 0) is 37.4 Å². The van der Waals surface area contributed by atoms with Crippen molar-refractivity contribution < 1.29 is 9.13 Å². The van der Waals surface area contributed by atoms with E-state index in [9.17, 15) is 4.39 Å². The Morgan fingerprint density at radius 3 is 2.84 bits per heavy atom. The summed E-state index contributed by atoms with van der Waals surface area (Å²) in [5, 5.41) is 3.03. The number of benzene rings is 1. The first kappa shape index (κ1) is 14.0. The Kier molecular flexibility index (Phi) is 4.87. The Morgan fingerprint density at radius 2 is 2.05 bits per heavy atom. The van der Waals surface area contributed by atoms with E-state index in [1.807, 2.05) is 25.2 Å². The summed E-state index contributed by atoms with van der Waals surface area (Å²) in [6.07, 6.45) is 0. The van der Waals surface area contributed by atoms with Crippen molar-refractivity contribution in [3.05, 3.63) is 58.1 Å². The van der Waals surface area contributed by atoms with E-state index in [1.165, 1.54) is 6.07 Å². The van der Waals surface area contributed by atoms with E-state index in [0.717, 1.165) is 15.9 Å². The van der Waals surface area contributed by atoms with Crippen LogP contribution in [0.15, 0.2) is 40.9 Å². The van der Waals surface area contributed by atoms with Gasteiger partial charge in [0, 0.05) is 11.0 Å². The van der Waals surface area contributed by atoms with Crippen LogP contribution in [0.1, 0.15) is 11.4 Å². The van der Waals surface area contributed by atoms with Gasteiger partial charge in [0.05, 0.1) is 11.4 Å². The summed E-state index contributed by atoms with van der Waals surface area (Å²) in [6, 6.07) is 10.3. The normalized spacial score (nSPS) is 10.5. The molecule has 3 nitrogen and oxygen atoms in total. The SMILES string of the molecule is CNCc1cccc(COc2cc(Br)ccc2F)n1. The fourth-order valence-electron chi connectivity index (χ4n) is 1.63. The lowest BCUT2D eigenvalue weighted by Gasteiger charge is -2.08. The second-order valence-electron chi connectivity index (χ2n) is 4.01. The van der Waals surface area contributed by atoms with Crippen LogP contribution in [0.3, 0.4) is 0 Å². The lowest BCUT2D eigenvalue weighted by Crippen LogP contribution is -2.08. The van der Waals surface area contributed by atoms with Gasteiger partial charge < -0.3 is 10.1 Å². The molecule has 0 aliphatic carbocycles. The molecule has 2 aromatic rings. The van der Waals surface area contributed by atoms with Gasteiger partial charge in [0.15, 0.2) is 11.6 Å². The lowest BCUT2D eigenvalue weighted by atomic mass is 10.3. The van der Waals surface area contributed by atoms with Crippen molar-refractivity contribution in [2.24, 2.45) is 0 Å². The van der Waals surface area contributed by atoms with Crippen LogP contribution in [0.4, 0.5) is 4.39 Å². The first-order valence-corrected chi connectivity index (χ1v) is 6.65. The first-order chi connectivity index (χ1) is 9.19. The third-order valence-corrected chi connectivity index (χ3v) is 2.98. The predicted octanol–water partition coefficient (Wildman–Crippen LogP) is 3.28. The van der Waals surface area contributed by atoms with Gasteiger partial charge in [-0.15, -0.1) is 0 Å². The summed E-state index contributed by atoms with van der Waals surface area (Å²) < 4.78 is 19.7. The smallest absolute Gasteiger partial charge is 0.165 e. The minimum absolute atomic E-state index is 0.218. The lowest BCUT2D eigenvalue weighted by molar-refractivity contribution is 0.285. The topological polar surface area (TPSA) is 34.1 Å². The van der Waals surface area contributed by atoms with Crippen molar-refractivity contribution in [1.29, 1.82) is 0 Å². The molecular weight excluding hydrogens is 311 g/mol. The highest BCUT2D eigenvalue weighted by molar-refractivity contribution is 9.10. The van der Waals surface area contributed by atoms with Gasteiger partial charge in [0.1, 0.15) is 6.61 Å². The second kappa shape index (κ2) is 6.63. The Labute approximate surface area is 119 Å². The maximum absolute atomic E-state index is 13.5. The summed E-state index contributed by atoms with van der Waals surface area (Å²) in [5.41, 5.74) is 1.70. The Balaban J connectivity index is 2.05. The first-order valence-electron chi connectivity index (χ1n) is 5.86. The average Bonchev–Trinajstić information content (AvgIpc) is 2.41. The monoisotopic (exact) mass is 324 g/mol. The van der Waals surface area contributed by atoms with Crippen LogP contribution in [-0.4, -0.2) is 12.0 Å². The number of nitrogens with one attached hydrogen (secondary N) is 1. The summed E-state index contributed by atoms with van der Waals surface area (Å²) >= 11 is 3.28. The van der Waals surface area contributed by atoms with E-state index in [2.05, 4.69) is 26.2 Å². The number of pyridine rings is 1. The minimum Gasteiger partial charge on any atom is -0.484 e. The third kappa shape index (κ3) is 4.01. The van der Waals surface area contributed by atoms with Crippen molar-refractivity contribution in [2.45, 2.75) is 13.2 Å². The molecule has 0 amide bonds. The molecule has 19 heavy (non-hydrogen) atoms. The van der Waals surface area contributed by atoms with Gasteiger partial charge in [0.25, 0.3) is 0 Å². The molecule has 1 N–H and O–H groups in total. The molecule has 100 valence electrons. The molecule has 0 saturated carbocycles. The molecule has 1 aromatic carbocycles. The molecule has 0 aliphatic rings. The number of halogens is 2. The Hall–Kier alpha value is -1.46. The molecule has 0 spiro atoms. The molecule has 0 bridgehead atoms. The molecule has 0 radical (unpaired) electrons. The van der Waals surface area contributed by atoms with E-state index >= 15 is 0 Å². The van der Waals surface area contributed by atoms with E-state index in [-0.39, 0.29) is 18.2 Å². The Bertz CT molecular complexity index is 563. The predicted molar refractivity (Wildman–Crippen MR) is 75.4 cm³/mol. The highest BCUT2D eigenvalue weighted by Gasteiger charge is 2.05. The van der Waals surface area contributed by atoms with Crippen molar-refractivity contribution in [2.75, 3.05) is 7.05 Å². The number of nitrogens with zero attached hydrogens (tertiary/aromatic N) is 1. The maximum atomic E-state index is 13.5. The molecule has 2 rings (SSSR count). The summed E-state index contributed by atoms with van der Waals surface area (Å²) in [4.78, 5) is 4.41. The van der Waals surface area contributed by atoms with Crippen LogP contribution >= 0.6 is 15.9 Å². The zero-order chi connectivity index (χ0) is 13.7. The van der Waals surface area contributed by atoms with Gasteiger partial charge >= 0.3 is 0 Å². The zero-order valence-electron chi connectivity index (χ0n) is 10.5. The van der Waals surface area contributed by atoms with E-state index in [0.29, 0.717) is 6.54 Å². The zero-order valence-corrected chi connectivity index (χ0v) is 12.1. The van der Waals surface area contributed by atoms with Crippen molar-refractivity contribution in [1.82, 2.24) is 10.3 Å². The highest BCUT2D eigenvalue weighted by atomic mass is 79.9. The van der Waals surface area contributed by atoms with Crippen LogP contribution in [0, 0.1) is 5.82 Å². The van der Waals surface area contributed by atoms with Gasteiger partial charge in [-0.25, -0.2) is 4.39 Å². The molecule has 0 fully saturated rings. The summed E-state index contributed by atoms with van der Waals surface area (Å²) in [6.45, 7) is 0.935. The molecule has 1 aromatic heterocycles. The molecule has 1 heterocycles. The van der Waals surface area contributed by atoms with E-state index in [4.69, 9.17) is 4.74 Å². The summed E-state index contributed by atoms with van der Waals surface area (Å²) in [7, 11) is 1.86. The Morgan fingerprint density at radius 1 is 1.26 bits per heavy atom. The van der Waals surface area contributed by atoms with Gasteiger partial charge in [-0.2, -0.15) is 0 Å². The van der Waals surface area contributed by atoms with Crippen LogP contribution in [0.5, 0.6) is 5.75 Å². The largest absolute Gasteiger partial charge is 0.484 e. The minimum atomic E-state index is -0.380. The van der Waals surface area contributed by atoms with Crippen molar-refractivity contribution in [3.8, 4) is 5.75 Å². The van der Waals surface area contributed by atoms with Gasteiger partial charge in [0.2, 0.25) is 0 Å². The number of hydrogen-bond acceptors (Lipinski definition) is 3. The van der Waals surface area contributed by atoms with Crippen molar-refractivity contribution in [3.63, 3.8) is 0 Å².